The molecule has 0 unspecified atom stereocenters. The molecule has 2 aromatic carbocycles. The SMILES string of the molecule is Cc1cc(C)c(C2=NO[C@@H](C(C)(C)C)[C@@H]2C(=O)O[C@@H]2CCCC[C@H]2c2ccccc2)c(C)c1. The summed E-state index contributed by atoms with van der Waals surface area (Å²) in [5.74, 6) is -0.510. The Labute approximate surface area is 198 Å². The maximum absolute atomic E-state index is 13.8. The lowest BCUT2D eigenvalue weighted by molar-refractivity contribution is -0.159. The van der Waals surface area contributed by atoms with Gasteiger partial charge < -0.3 is 9.57 Å². The van der Waals surface area contributed by atoms with Crippen LogP contribution >= 0.6 is 0 Å². The molecule has 176 valence electrons. The number of oxime groups is 1. The van der Waals surface area contributed by atoms with E-state index < -0.39 is 5.92 Å². The van der Waals surface area contributed by atoms with E-state index in [1.165, 1.54) is 17.5 Å². The predicted molar refractivity (Wildman–Crippen MR) is 133 cm³/mol. The van der Waals surface area contributed by atoms with Gasteiger partial charge >= 0.3 is 5.97 Å². The molecule has 1 aliphatic heterocycles. The molecule has 0 bridgehead atoms. The maximum Gasteiger partial charge on any atom is 0.319 e. The summed E-state index contributed by atoms with van der Waals surface area (Å²) in [6, 6.07) is 14.8. The maximum atomic E-state index is 13.8. The molecular weight excluding hydrogens is 410 g/mol. The molecule has 4 rings (SSSR count). The molecule has 4 heteroatoms. The number of ether oxygens (including phenoxy) is 1. The van der Waals surface area contributed by atoms with Crippen molar-refractivity contribution in [2.45, 2.75) is 85.4 Å². The third-order valence-electron chi connectivity index (χ3n) is 7.10. The molecule has 0 amide bonds. The van der Waals surface area contributed by atoms with E-state index in [1.54, 1.807) is 0 Å². The van der Waals surface area contributed by atoms with Gasteiger partial charge in [0.2, 0.25) is 0 Å². The van der Waals surface area contributed by atoms with Crippen molar-refractivity contribution in [1.82, 2.24) is 0 Å². The molecule has 1 saturated carbocycles. The lowest BCUT2D eigenvalue weighted by Gasteiger charge is -2.34. The zero-order chi connectivity index (χ0) is 23.8. The van der Waals surface area contributed by atoms with E-state index in [9.17, 15) is 4.79 Å². The predicted octanol–water partition coefficient (Wildman–Crippen LogP) is 6.65. The first-order chi connectivity index (χ1) is 15.7. The molecule has 2 aliphatic rings. The minimum atomic E-state index is -0.538. The van der Waals surface area contributed by atoms with Crippen molar-refractivity contribution >= 4 is 11.7 Å². The molecule has 0 aromatic heterocycles. The van der Waals surface area contributed by atoms with Crippen LogP contribution in [0.25, 0.3) is 0 Å². The monoisotopic (exact) mass is 447 g/mol. The summed E-state index contributed by atoms with van der Waals surface area (Å²) in [6.45, 7) is 12.5. The molecule has 1 aliphatic carbocycles. The summed E-state index contributed by atoms with van der Waals surface area (Å²) < 4.78 is 6.32. The van der Waals surface area contributed by atoms with Crippen molar-refractivity contribution in [2.24, 2.45) is 16.5 Å². The number of rotatable bonds is 4. The second-order valence-electron chi connectivity index (χ2n) is 10.9. The van der Waals surface area contributed by atoms with Crippen LogP contribution in [0, 0.1) is 32.1 Å². The van der Waals surface area contributed by atoms with Crippen LogP contribution in [0.15, 0.2) is 47.6 Å². The number of hydrogen-bond acceptors (Lipinski definition) is 4. The summed E-state index contributed by atoms with van der Waals surface area (Å²) in [6.07, 6.45) is 3.72. The molecule has 0 spiro atoms. The zero-order valence-electron chi connectivity index (χ0n) is 20.9. The van der Waals surface area contributed by atoms with Gasteiger partial charge in [-0.1, -0.05) is 80.4 Å². The second kappa shape index (κ2) is 9.32. The first kappa shape index (κ1) is 23.5. The average Bonchev–Trinajstić information content (AvgIpc) is 3.19. The number of nitrogens with zero attached hydrogens (tertiary/aromatic N) is 1. The standard InChI is InChI=1S/C29H37NO3/c1-18-16-19(2)24(20(3)17-18)26-25(27(33-30-26)29(4,5)6)28(31)32-23-15-11-10-14-22(23)21-12-8-7-9-13-21/h7-9,12-13,16-17,22-23,25,27H,10-11,14-15H2,1-6H3/t22-,23+,25+,27+/m0/s1. The fourth-order valence-electron chi connectivity index (χ4n) is 5.60. The fraction of sp³-hybridized carbons (Fsp3) is 0.517. The van der Waals surface area contributed by atoms with Gasteiger partial charge in [-0.15, -0.1) is 0 Å². The number of aryl methyl sites for hydroxylation is 3. The molecular formula is C29H37NO3. The van der Waals surface area contributed by atoms with Gasteiger partial charge in [0, 0.05) is 16.9 Å². The van der Waals surface area contributed by atoms with E-state index in [0.717, 1.165) is 36.0 Å². The minimum Gasteiger partial charge on any atom is -0.461 e. The summed E-state index contributed by atoms with van der Waals surface area (Å²) in [5.41, 5.74) is 6.15. The van der Waals surface area contributed by atoms with Crippen molar-refractivity contribution in [3.63, 3.8) is 0 Å². The van der Waals surface area contributed by atoms with Crippen molar-refractivity contribution in [3.05, 3.63) is 70.3 Å². The third-order valence-corrected chi connectivity index (χ3v) is 7.10. The van der Waals surface area contributed by atoms with E-state index in [-0.39, 0.29) is 29.5 Å². The first-order valence-electron chi connectivity index (χ1n) is 12.2. The number of carbonyl (C=O) groups is 1. The van der Waals surface area contributed by atoms with Gasteiger partial charge in [0.05, 0.1) is 0 Å². The normalized spacial score (nSPS) is 25.3. The van der Waals surface area contributed by atoms with Gasteiger partial charge in [-0.3, -0.25) is 4.79 Å². The average molecular weight is 448 g/mol. The van der Waals surface area contributed by atoms with E-state index in [1.807, 2.05) is 6.07 Å². The Morgan fingerprint density at radius 2 is 1.64 bits per heavy atom. The molecule has 0 radical (unpaired) electrons. The topological polar surface area (TPSA) is 47.9 Å². The Balaban J connectivity index is 1.66. The Morgan fingerprint density at radius 1 is 1.00 bits per heavy atom. The van der Waals surface area contributed by atoms with Gasteiger partial charge in [-0.2, -0.15) is 0 Å². The summed E-state index contributed by atoms with van der Waals surface area (Å²) >= 11 is 0. The largest absolute Gasteiger partial charge is 0.461 e. The van der Waals surface area contributed by atoms with Crippen LogP contribution < -0.4 is 0 Å². The van der Waals surface area contributed by atoms with Gasteiger partial charge in [-0.05, 0) is 56.7 Å². The third kappa shape index (κ3) is 4.85. The number of hydrogen-bond donors (Lipinski definition) is 0. The van der Waals surface area contributed by atoms with E-state index in [2.05, 4.69) is 83.1 Å². The van der Waals surface area contributed by atoms with Crippen LogP contribution in [0.5, 0.6) is 0 Å². The first-order valence-corrected chi connectivity index (χ1v) is 12.2. The fourth-order valence-corrected chi connectivity index (χ4v) is 5.60. The molecule has 0 N–H and O–H groups in total. The number of esters is 1. The van der Waals surface area contributed by atoms with Crippen molar-refractivity contribution in [3.8, 4) is 0 Å². The summed E-state index contributed by atoms with van der Waals surface area (Å²) in [4.78, 5) is 19.8. The zero-order valence-corrected chi connectivity index (χ0v) is 20.9. The molecule has 2 aromatic rings. The van der Waals surface area contributed by atoms with Crippen LogP contribution in [0.4, 0.5) is 0 Å². The summed E-state index contributed by atoms with van der Waals surface area (Å²) in [5, 5.41) is 4.49. The van der Waals surface area contributed by atoms with Gasteiger partial charge in [0.15, 0.2) is 6.10 Å². The number of benzene rings is 2. The molecule has 1 heterocycles. The number of carbonyl (C=O) groups excluding carboxylic acids is 1. The lowest BCUT2D eigenvalue weighted by Crippen LogP contribution is -2.43. The Kier molecular flexibility index (Phi) is 6.65. The highest BCUT2D eigenvalue weighted by atomic mass is 16.6. The smallest absolute Gasteiger partial charge is 0.319 e. The van der Waals surface area contributed by atoms with Crippen molar-refractivity contribution < 1.29 is 14.4 Å². The highest BCUT2D eigenvalue weighted by Gasteiger charge is 2.49. The Hall–Kier alpha value is -2.62. The van der Waals surface area contributed by atoms with E-state index in [0.29, 0.717) is 5.71 Å². The van der Waals surface area contributed by atoms with Crippen molar-refractivity contribution in [1.29, 1.82) is 0 Å². The van der Waals surface area contributed by atoms with Gasteiger partial charge in [0.1, 0.15) is 17.7 Å². The van der Waals surface area contributed by atoms with Gasteiger partial charge in [0.25, 0.3) is 0 Å². The minimum absolute atomic E-state index is 0.115. The van der Waals surface area contributed by atoms with E-state index in [4.69, 9.17) is 9.57 Å². The highest BCUT2D eigenvalue weighted by molar-refractivity contribution is 6.14. The Bertz CT molecular complexity index is 1010. The molecule has 0 saturated heterocycles. The molecule has 4 nitrogen and oxygen atoms in total. The van der Waals surface area contributed by atoms with E-state index >= 15 is 0 Å². The second-order valence-corrected chi connectivity index (χ2v) is 10.9. The summed E-state index contributed by atoms with van der Waals surface area (Å²) in [7, 11) is 0. The molecule has 4 atom stereocenters. The quantitative estimate of drug-likeness (QED) is 0.493. The highest BCUT2D eigenvalue weighted by Crippen LogP contribution is 2.40. The van der Waals surface area contributed by atoms with Crippen LogP contribution in [-0.2, 0) is 14.4 Å². The Morgan fingerprint density at radius 3 is 2.27 bits per heavy atom. The molecule has 33 heavy (non-hydrogen) atoms. The van der Waals surface area contributed by atoms with Crippen LogP contribution in [-0.4, -0.2) is 23.9 Å². The van der Waals surface area contributed by atoms with Crippen LogP contribution in [0.3, 0.4) is 0 Å². The molecule has 1 fully saturated rings. The lowest BCUT2D eigenvalue weighted by atomic mass is 9.77. The van der Waals surface area contributed by atoms with Gasteiger partial charge in [-0.25, -0.2) is 0 Å². The van der Waals surface area contributed by atoms with Crippen LogP contribution in [0.1, 0.15) is 80.2 Å². The van der Waals surface area contributed by atoms with Crippen LogP contribution in [0.2, 0.25) is 0 Å². The van der Waals surface area contributed by atoms with Crippen molar-refractivity contribution in [2.75, 3.05) is 0 Å².